The third kappa shape index (κ3) is 1.63. The number of aryl methyl sites for hydroxylation is 2. The lowest BCUT2D eigenvalue weighted by Crippen LogP contribution is -2.59. The van der Waals surface area contributed by atoms with Crippen LogP contribution in [0.1, 0.15) is 29.4 Å². The molecule has 0 spiro atoms. The molecule has 3 aromatic carbocycles. The van der Waals surface area contributed by atoms with Gasteiger partial charge in [0, 0.05) is 44.6 Å². The molecule has 0 saturated carbocycles. The molecule has 2 aliphatic heterocycles. The number of nitrogens with zero attached hydrogens (tertiary/aromatic N) is 2. The summed E-state index contributed by atoms with van der Waals surface area (Å²) in [6.07, 6.45) is 1.06. The van der Waals surface area contributed by atoms with E-state index in [4.69, 9.17) is 0 Å². The molecule has 0 bridgehead atoms. The van der Waals surface area contributed by atoms with Crippen molar-refractivity contribution in [3.05, 3.63) is 77.1 Å². The summed E-state index contributed by atoms with van der Waals surface area (Å²) < 4.78 is 5.05. The summed E-state index contributed by atoms with van der Waals surface area (Å²) in [4.78, 5) is 0. The lowest BCUT2D eigenvalue weighted by atomic mass is 9.34. The molecule has 0 N–H and O–H groups in total. The van der Waals surface area contributed by atoms with E-state index in [0.29, 0.717) is 0 Å². The van der Waals surface area contributed by atoms with E-state index in [1.165, 1.54) is 72.1 Å². The second-order valence-corrected chi connectivity index (χ2v) is 8.93. The number of fused-ring (bicyclic) bond motifs is 4. The average molecular weight is 386 g/mol. The second-order valence-electron chi connectivity index (χ2n) is 8.93. The lowest BCUT2D eigenvalue weighted by molar-refractivity contribution is 0.999. The highest BCUT2D eigenvalue weighted by Crippen LogP contribution is 2.36. The fourth-order valence-electron chi connectivity index (χ4n) is 6.42. The molecule has 7 rings (SSSR count). The topological polar surface area (TPSA) is 9.86 Å². The van der Waals surface area contributed by atoms with E-state index < -0.39 is 0 Å². The summed E-state index contributed by atoms with van der Waals surface area (Å²) >= 11 is 0. The normalized spacial score (nSPS) is 13.4. The number of benzene rings is 3. The van der Waals surface area contributed by atoms with Crippen LogP contribution in [0.5, 0.6) is 0 Å². The molecule has 4 heterocycles. The summed E-state index contributed by atoms with van der Waals surface area (Å²) in [5.41, 5.74) is 15.5. The van der Waals surface area contributed by atoms with Crippen LogP contribution in [0.3, 0.4) is 0 Å². The summed E-state index contributed by atoms with van der Waals surface area (Å²) in [6, 6.07) is 20.7. The molecule has 0 fully saturated rings. The maximum atomic E-state index is 2.54. The van der Waals surface area contributed by atoms with Crippen LogP contribution in [0.25, 0.3) is 33.2 Å². The van der Waals surface area contributed by atoms with Crippen molar-refractivity contribution >= 4 is 44.9 Å². The number of para-hydroxylation sites is 2. The Morgan fingerprint density at radius 2 is 1.27 bits per heavy atom. The Labute approximate surface area is 176 Å². The van der Waals surface area contributed by atoms with E-state index in [2.05, 4.69) is 91.4 Å². The zero-order chi connectivity index (χ0) is 20.3. The number of rotatable bonds is 1. The Morgan fingerprint density at radius 3 is 1.93 bits per heavy atom. The van der Waals surface area contributed by atoms with Crippen molar-refractivity contribution < 1.29 is 0 Å². The molecule has 0 saturated heterocycles. The van der Waals surface area contributed by atoms with Gasteiger partial charge in [0.15, 0.2) is 0 Å². The smallest absolute Gasteiger partial charge is 0.252 e. The molecular weight excluding hydrogens is 363 g/mol. The molecule has 5 aromatic rings. The molecule has 0 aliphatic carbocycles. The van der Waals surface area contributed by atoms with Gasteiger partial charge in [-0.2, -0.15) is 0 Å². The molecule has 0 amide bonds. The zero-order valence-corrected chi connectivity index (χ0v) is 17.9. The first kappa shape index (κ1) is 16.6. The van der Waals surface area contributed by atoms with Crippen molar-refractivity contribution in [1.29, 1.82) is 0 Å². The van der Waals surface area contributed by atoms with Gasteiger partial charge in [0.05, 0.1) is 0 Å². The maximum Gasteiger partial charge on any atom is 0.252 e. The predicted molar refractivity (Wildman–Crippen MR) is 128 cm³/mol. The van der Waals surface area contributed by atoms with Gasteiger partial charge in [0.1, 0.15) is 0 Å². The average Bonchev–Trinajstić information content (AvgIpc) is 3.20. The third-order valence-corrected chi connectivity index (χ3v) is 7.77. The van der Waals surface area contributed by atoms with Crippen molar-refractivity contribution in [3.8, 4) is 11.4 Å². The van der Waals surface area contributed by atoms with Crippen molar-refractivity contribution in [2.24, 2.45) is 0 Å². The van der Waals surface area contributed by atoms with E-state index >= 15 is 0 Å². The molecule has 0 atom stereocenters. The minimum atomic E-state index is 0.288. The van der Waals surface area contributed by atoms with Gasteiger partial charge in [-0.25, -0.2) is 0 Å². The molecule has 144 valence electrons. The van der Waals surface area contributed by atoms with Gasteiger partial charge >= 0.3 is 0 Å². The SMILES string of the molecule is CCc1c(C)n2c3c(cccc13)B1c3c(cccc3-2)-n2c(C)c(C)c3cccc1c32. The van der Waals surface area contributed by atoms with Gasteiger partial charge in [0.2, 0.25) is 0 Å². The third-order valence-electron chi connectivity index (χ3n) is 7.77. The second kappa shape index (κ2) is 5.29. The van der Waals surface area contributed by atoms with Crippen LogP contribution in [-0.2, 0) is 6.42 Å². The van der Waals surface area contributed by atoms with Crippen molar-refractivity contribution in [3.63, 3.8) is 0 Å². The Hall–Kier alpha value is -3.20. The fraction of sp³-hybridized carbons (Fsp3) is 0.185. The van der Waals surface area contributed by atoms with Crippen molar-refractivity contribution in [2.75, 3.05) is 0 Å². The minimum absolute atomic E-state index is 0.288. The van der Waals surface area contributed by atoms with Crippen LogP contribution in [0.15, 0.2) is 54.6 Å². The van der Waals surface area contributed by atoms with E-state index in [1.807, 2.05) is 0 Å². The van der Waals surface area contributed by atoms with Crippen LogP contribution >= 0.6 is 0 Å². The molecule has 3 heteroatoms. The van der Waals surface area contributed by atoms with Gasteiger partial charge in [-0.3, -0.25) is 0 Å². The van der Waals surface area contributed by atoms with Gasteiger partial charge in [0.25, 0.3) is 6.71 Å². The van der Waals surface area contributed by atoms with E-state index in [1.54, 1.807) is 0 Å². The first-order chi connectivity index (χ1) is 14.6. The summed E-state index contributed by atoms with van der Waals surface area (Å²) in [5.74, 6) is 0. The first-order valence-corrected chi connectivity index (χ1v) is 11.0. The number of aromatic nitrogens is 2. The van der Waals surface area contributed by atoms with Gasteiger partial charge in [-0.05, 0) is 66.8 Å². The van der Waals surface area contributed by atoms with Crippen molar-refractivity contribution in [1.82, 2.24) is 9.13 Å². The Kier molecular flexibility index (Phi) is 2.92. The maximum absolute atomic E-state index is 2.54. The Balaban J connectivity index is 1.76. The first-order valence-electron chi connectivity index (χ1n) is 11.0. The summed E-state index contributed by atoms with van der Waals surface area (Å²) in [7, 11) is 0. The quantitative estimate of drug-likeness (QED) is 0.374. The lowest BCUT2D eigenvalue weighted by Gasteiger charge is -2.33. The minimum Gasteiger partial charge on any atom is -0.315 e. The van der Waals surface area contributed by atoms with Crippen LogP contribution in [0.2, 0.25) is 0 Å². The van der Waals surface area contributed by atoms with E-state index in [0.717, 1.165) is 6.42 Å². The van der Waals surface area contributed by atoms with Crippen LogP contribution in [-0.4, -0.2) is 15.8 Å². The highest BCUT2D eigenvalue weighted by Gasteiger charge is 2.40. The fourth-order valence-corrected chi connectivity index (χ4v) is 6.42. The van der Waals surface area contributed by atoms with E-state index in [9.17, 15) is 0 Å². The Bertz CT molecular complexity index is 1560. The molecule has 2 aromatic heterocycles. The molecule has 0 radical (unpaired) electrons. The van der Waals surface area contributed by atoms with Crippen molar-refractivity contribution in [2.45, 2.75) is 34.1 Å². The highest BCUT2D eigenvalue weighted by atomic mass is 15.0. The molecule has 2 aliphatic rings. The molecular formula is C27H23BN2. The summed E-state index contributed by atoms with van der Waals surface area (Å²) in [5, 5.41) is 2.81. The molecule has 2 nitrogen and oxygen atoms in total. The predicted octanol–water partition coefficient (Wildman–Crippen LogP) is 4.21. The molecule has 0 unspecified atom stereocenters. The van der Waals surface area contributed by atoms with Crippen LogP contribution in [0, 0.1) is 20.8 Å². The summed E-state index contributed by atoms with van der Waals surface area (Å²) in [6.45, 7) is 9.40. The van der Waals surface area contributed by atoms with Gasteiger partial charge in [-0.15, -0.1) is 0 Å². The molecule has 30 heavy (non-hydrogen) atoms. The number of hydrogen-bond donors (Lipinski definition) is 0. The number of hydrogen-bond acceptors (Lipinski definition) is 0. The van der Waals surface area contributed by atoms with Gasteiger partial charge < -0.3 is 9.13 Å². The monoisotopic (exact) mass is 386 g/mol. The largest absolute Gasteiger partial charge is 0.315 e. The van der Waals surface area contributed by atoms with Crippen LogP contribution in [0.4, 0.5) is 0 Å². The Morgan fingerprint density at radius 1 is 0.700 bits per heavy atom. The van der Waals surface area contributed by atoms with E-state index in [-0.39, 0.29) is 6.71 Å². The zero-order valence-electron chi connectivity index (χ0n) is 17.9. The van der Waals surface area contributed by atoms with Gasteiger partial charge in [-0.1, -0.05) is 49.4 Å². The highest BCUT2D eigenvalue weighted by molar-refractivity contribution is 7.00. The standard InChI is InChI=1S/C27H23BN2/c1-5-18-17(4)30-24-14-8-13-23-25(24)28(22-12-7-10-20(18)27(22)30)21-11-6-9-19-15(2)16(3)29(23)26(19)21/h6-14H,5H2,1-4H3. The van der Waals surface area contributed by atoms with Crippen LogP contribution < -0.4 is 16.4 Å².